The number of nitrogens with one attached hydrogen (secondary N) is 2. The van der Waals surface area contributed by atoms with E-state index in [4.69, 9.17) is 4.42 Å². The summed E-state index contributed by atoms with van der Waals surface area (Å²) in [5, 5.41) is 6.10. The molecule has 1 saturated heterocycles. The molecule has 2 N–H and O–H groups in total. The quantitative estimate of drug-likeness (QED) is 0.779. The molecule has 3 rings (SSSR count). The van der Waals surface area contributed by atoms with Gasteiger partial charge in [0.2, 0.25) is 5.91 Å². The topological polar surface area (TPSA) is 94.9 Å². The van der Waals surface area contributed by atoms with Gasteiger partial charge in [-0.25, -0.2) is 0 Å². The first-order chi connectivity index (χ1) is 13.1. The predicted molar refractivity (Wildman–Crippen MR) is 102 cm³/mol. The zero-order valence-electron chi connectivity index (χ0n) is 15.1. The first-order valence-electron chi connectivity index (χ1n) is 8.80. The fraction of sp³-hybridized carbons (Fsp3) is 0.389. The summed E-state index contributed by atoms with van der Waals surface area (Å²) in [4.78, 5) is 40.7. The molecule has 0 aliphatic carbocycles. The number of likely N-dealkylation sites (N-methyl/N-ethyl adjacent to an activating group) is 1. The lowest BCUT2D eigenvalue weighted by molar-refractivity contribution is -0.122. The van der Waals surface area contributed by atoms with Crippen LogP contribution < -0.4 is 10.6 Å². The van der Waals surface area contributed by atoms with Crippen LogP contribution in [0.15, 0.2) is 34.9 Å². The van der Waals surface area contributed by atoms with Gasteiger partial charge in [-0.05, 0) is 31.2 Å². The van der Waals surface area contributed by atoms with E-state index in [1.165, 1.54) is 17.6 Å². The average molecular weight is 390 g/mol. The van der Waals surface area contributed by atoms with Crippen LogP contribution in [0.4, 0.5) is 5.00 Å². The van der Waals surface area contributed by atoms with E-state index in [1.807, 2.05) is 11.8 Å². The molecule has 0 aromatic carbocycles. The van der Waals surface area contributed by atoms with E-state index < -0.39 is 0 Å². The summed E-state index contributed by atoms with van der Waals surface area (Å²) in [5.41, 5.74) is 0. The van der Waals surface area contributed by atoms with Gasteiger partial charge in [0.1, 0.15) is 0 Å². The minimum Gasteiger partial charge on any atom is -0.459 e. The van der Waals surface area contributed by atoms with Gasteiger partial charge in [-0.3, -0.25) is 19.3 Å². The predicted octanol–water partition coefficient (Wildman–Crippen LogP) is 1.49. The van der Waals surface area contributed by atoms with Crippen molar-refractivity contribution in [2.45, 2.75) is 6.92 Å². The van der Waals surface area contributed by atoms with E-state index in [1.54, 1.807) is 29.2 Å². The molecule has 0 saturated carbocycles. The number of thiophene rings is 1. The maximum absolute atomic E-state index is 12.7. The summed E-state index contributed by atoms with van der Waals surface area (Å²) in [6, 6.07) is 6.65. The number of hydrogen-bond donors (Lipinski definition) is 2. The van der Waals surface area contributed by atoms with Crippen molar-refractivity contribution in [3.05, 3.63) is 41.2 Å². The highest BCUT2D eigenvalue weighted by molar-refractivity contribution is 7.18. The number of carbonyl (C=O) groups is 3. The van der Waals surface area contributed by atoms with Gasteiger partial charge in [0.25, 0.3) is 11.8 Å². The van der Waals surface area contributed by atoms with Gasteiger partial charge in [0, 0.05) is 32.7 Å². The number of piperazine rings is 1. The van der Waals surface area contributed by atoms with Crippen molar-refractivity contribution in [2.24, 2.45) is 0 Å². The Morgan fingerprint density at radius 1 is 1.15 bits per heavy atom. The van der Waals surface area contributed by atoms with Gasteiger partial charge in [0.15, 0.2) is 5.76 Å². The van der Waals surface area contributed by atoms with Crippen LogP contribution in [0.1, 0.15) is 27.2 Å². The SMILES string of the molecule is CCNC(=O)CN1CCN(C(=O)c2ccc(NC(=O)c3ccco3)s2)CC1. The molecule has 144 valence electrons. The summed E-state index contributed by atoms with van der Waals surface area (Å²) in [5.74, 6) is -0.178. The minimum atomic E-state index is -0.347. The van der Waals surface area contributed by atoms with Crippen LogP contribution in [0.2, 0.25) is 0 Å². The van der Waals surface area contributed by atoms with Crippen LogP contribution in [0.25, 0.3) is 0 Å². The van der Waals surface area contributed by atoms with Crippen molar-refractivity contribution in [1.82, 2.24) is 15.1 Å². The monoisotopic (exact) mass is 390 g/mol. The van der Waals surface area contributed by atoms with Crippen LogP contribution in [0.5, 0.6) is 0 Å². The van der Waals surface area contributed by atoms with Crippen molar-refractivity contribution >= 4 is 34.1 Å². The van der Waals surface area contributed by atoms with Crippen molar-refractivity contribution in [1.29, 1.82) is 0 Å². The maximum Gasteiger partial charge on any atom is 0.291 e. The molecule has 1 aliphatic heterocycles. The van der Waals surface area contributed by atoms with Gasteiger partial charge in [-0.15, -0.1) is 11.3 Å². The second-order valence-corrected chi connectivity index (χ2v) is 7.20. The normalized spacial score (nSPS) is 14.8. The van der Waals surface area contributed by atoms with Gasteiger partial charge in [-0.1, -0.05) is 0 Å². The van der Waals surface area contributed by atoms with E-state index >= 15 is 0 Å². The molecular weight excluding hydrogens is 368 g/mol. The molecule has 0 spiro atoms. The number of hydrogen-bond acceptors (Lipinski definition) is 6. The molecule has 2 aromatic heterocycles. The second-order valence-electron chi connectivity index (χ2n) is 6.12. The third-order valence-electron chi connectivity index (χ3n) is 4.20. The Labute approximate surface area is 161 Å². The lowest BCUT2D eigenvalue weighted by Gasteiger charge is -2.34. The fourth-order valence-electron chi connectivity index (χ4n) is 2.82. The van der Waals surface area contributed by atoms with Gasteiger partial charge >= 0.3 is 0 Å². The number of rotatable bonds is 6. The Bertz CT molecular complexity index is 794. The molecule has 27 heavy (non-hydrogen) atoms. The molecular formula is C18H22N4O4S. The van der Waals surface area contributed by atoms with E-state index in [0.29, 0.717) is 49.1 Å². The molecule has 0 atom stereocenters. The lowest BCUT2D eigenvalue weighted by atomic mass is 10.3. The van der Waals surface area contributed by atoms with Crippen molar-refractivity contribution < 1.29 is 18.8 Å². The van der Waals surface area contributed by atoms with Crippen LogP contribution in [0, 0.1) is 0 Å². The standard InChI is InChI=1S/C18H22N4O4S/c1-2-19-15(23)12-21-7-9-22(10-8-21)18(25)14-5-6-16(27-14)20-17(24)13-4-3-11-26-13/h3-6,11H,2,7-10,12H2,1H3,(H,19,23)(H,20,24). The Balaban J connectivity index is 1.51. The average Bonchev–Trinajstić information content (AvgIpc) is 3.34. The Morgan fingerprint density at radius 2 is 1.93 bits per heavy atom. The van der Waals surface area contributed by atoms with Crippen molar-refractivity contribution in [3.8, 4) is 0 Å². The highest BCUT2D eigenvalue weighted by atomic mass is 32.1. The summed E-state index contributed by atoms with van der Waals surface area (Å²) in [6.07, 6.45) is 1.43. The highest BCUT2D eigenvalue weighted by Crippen LogP contribution is 2.24. The summed E-state index contributed by atoms with van der Waals surface area (Å²) in [6.45, 7) is 5.34. The first kappa shape index (κ1) is 19.1. The van der Waals surface area contributed by atoms with Crippen LogP contribution >= 0.6 is 11.3 Å². The Morgan fingerprint density at radius 3 is 2.59 bits per heavy atom. The third-order valence-corrected chi connectivity index (χ3v) is 5.19. The van der Waals surface area contributed by atoms with Crippen molar-refractivity contribution in [3.63, 3.8) is 0 Å². The first-order valence-corrected chi connectivity index (χ1v) is 9.61. The highest BCUT2D eigenvalue weighted by Gasteiger charge is 2.24. The molecule has 1 fully saturated rings. The van der Waals surface area contributed by atoms with E-state index in [2.05, 4.69) is 10.6 Å². The zero-order chi connectivity index (χ0) is 19.2. The van der Waals surface area contributed by atoms with Gasteiger partial charge < -0.3 is 20.0 Å². The molecule has 0 radical (unpaired) electrons. The fourth-order valence-corrected chi connectivity index (χ4v) is 3.69. The third kappa shape index (κ3) is 4.95. The number of furan rings is 1. The van der Waals surface area contributed by atoms with Crippen LogP contribution in [0.3, 0.4) is 0 Å². The number of nitrogens with zero attached hydrogens (tertiary/aromatic N) is 2. The molecule has 2 aromatic rings. The second kappa shape index (κ2) is 8.83. The summed E-state index contributed by atoms with van der Waals surface area (Å²) in [7, 11) is 0. The molecule has 0 bridgehead atoms. The molecule has 1 aliphatic rings. The molecule has 0 unspecified atom stereocenters. The number of amides is 3. The summed E-state index contributed by atoms with van der Waals surface area (Å²) >= 11 is 1.24. The van der Waals surface area contributed by atoms with Gasteiger partial charge in [-0.2, -0.15) is 0 Å². The van der Waals surface area contributed by atoms with Crippen LogP contribution in [-0.4, -0.2) is 66.8 Å². The zero-order valence-corrected chi connectivity index (χ0v) is 15.9. The smallest absolute Gasteiger partial charge is 0.291 e. The molecule has 9 heteroatoms. The Hall–Kier alpha value is -2.65. The van der Waals surface area contributed by atoms with Crippen molar-refractivity contribution in [2.75, 3.05) is 44.6 Å². The maximum atomic E-state index is 12.7. The Kier molecular flexibility index (Phi) is 6.25. The summed E-state index contributed by atoms with van der Waals surface area (Å²) < 4.78 is 5.05. The number of carbonyl (C=O) groups excluding carboxylic acids is 3. The van der Waals surface area contributed by atoms with E-state index in [-0.39, 0.29) is 23.5 Å². The minimum absolute atomic E-state index is 0.00692. The molecule has 3 amide bonds. The lowest BCUT2D eigenvalue weighted by Crippen LogP contribution is -2.51. The molecule has 3 heterocycles. The van der Waals surface area contributed by atoms with Crippen LogP contribution in [-0.2, 0) is 4.79 Å². The number of anilines is 1. The van der Waals surface area contributed by atoms with Gasteiger partial charge in [0.05, 0.1) is 22.7 Å². The van der Waals surface area contributed by atoms with E-state index in [9.17, 15) is 14.4 Å². The largest absolute Gasteiger partial charge is 0.459 e. The molecule has 8 nitrogen and oxygen atoms in total. The van der Waals surface area contributed by atoms with E-state index in [0.717, 1.165) is 0 Å².